The van der Waals surface area contributed by atoms with Crippen molar-refractivity contribution in [1.82, 2.24) is 0 Å². The lowest BCUT2D eigenvalue weighted by Crippen LogP contribution is -2.13. The molecule has 0 saturated carbocycles. The summed E-state index contributed by atoms with van der Waals surface area (Å²) >= 11 is 0. The molecule has 25 heavy (non-hydrogen) atoms. The maximum Gasteiger partial charge on any atom is 0.255 e. The van der Waals surface area contributed by atoms with Crippen LogP contribution >= 0.6 is 0 Å². The maximum absolute atomic E-state index is 13.1. The largest absolute Gasteiger partial charge is 0.457 e. The van der Waals surface area contributed by atoms with Crippen molar-refractivity contribution in [2.24, 2.45) is 0 Å². The molecule has 0 heterocycles. The van der Waals surface area contributed by atoms with Crippen LogP contribution in [-0.2, 0) is 0 Å². The highest BCUT2D eigenvalue weighted by Gasteiger charge is 2.10. The first-order valence-corrected chi connectivity index (χ1v) is 7.93. The van der Waals surface area contributed by atoms with Crippen molar-refractivity contribution in [1.29, 1.82) is 0 Å². The molecule has 0 fully saturated rings. The smallest absolute Gasteiger partial charge is 0.255 e. The number of carbonyl (C=O) groups is 1. The fourth-order valence-electron chi connectivity index (χ4n) is 2.50. The molecule has 0 saturated heterocycles. The molecule has 3 nitrogen and oxygen atoms in total. The van der Waals surface area contributed by atoms with Crippen LogP contribution in [0.25, 0.3) is 0 Å². The van der Waals surface area contributed by atoms with Gasteiger partial charge in [-0.3, -0.25) is 4.79 Å². The van der Waals surface area contributed by atoms with Gasteiger partial charge in [-0.15, -0.1) is 0 Å². The van der Waals surface area contributed by atoms with Crippen molar-refractivity contribution < 1.29 is 13.9 Å². The number of amides is 1. The summed E-state index contributed by atoms with van der Waals surface area (Å²) in [6.07, 6.45) is 0. The van der Waals surface area contributed by atoms with Gasteiger partial charge >= 0.3 is 0 Å². The topological polar surface area (TPSA) is 38.3 Å². The molecule has 126 valence electrons. The standard InChI is InChI=1S/C21H18FNO2/c1-14-4-3-5-19(12-14)25-18-9-7-17(8-10-18)23-21(24)20-11-6-16(22)13-15(20)2/h3-13H,1-2H3,(H,23,24). The highest BCUT2D eigenvalue weighted by atomic mass is 19.1. The lowest BCUT2D eigenvalue weighted by molar-refractivity contribution is 0.102. The average molecular weight is 335 g/mol. The number of ether oxygens (including phenoxy) is 1. The van der Waals surface area contributed by atoms with Crippen LogP contribution in [0.1, 0.15) is 21.5 Å². The first-order chi connectivity index (χ1) is 12.0. The fourth-order valence-corrected chi connectivity index (χ4v) is 2.50. The zero-order valence-corrected chi connectivity index (χ0v) is 14.0. The minimum Gasteiger partial charge on any atom is -0.457 e. The molecule has 0 bridgehead atoms. The lowest BCUT2D eigenvalue weighted by Gasteiger charge is -2.10. The number of aryl methyl sites for hydroxylation is 2. The van der Waals surface area contributed by atoms with Gasteiger partial charge in [0.15, 0.2) is 0 Å². The number of hydrogen-bond acceptors (Lipinski definition) is 2. The van der Waals surface area contributed by atoms with Gasteiger partial charge in [0, 0.05) is 11.3 Å². The molecular formula is C21H18FNO2. The molecule has 3 aromatic rings. The molecular weight excluding hydrogens is 317 g/mol. The van der Waals surface area contributed by atoms with E-state index in [1.54, 1.807) is 31.2 Å². The van der Waals surface area contributed by atoms with Gasteiger partial charge in [-0.25, -0.2) is 4.39 Å². The molecule has 0 spiro atoms. The number of anilines is 1. The summed E-state index contributed by atoms with van der Waals surface area (Å²) in [6, 6.07) is 19.0. The normalized spacial score (nSPS) is 10.4. The monoisotopic (exact) mass is 335 g/mol. The van der Waals surface area contributed by atoms with Gasteiger partial charge in [0.25, 0.3) is 5.91 Å². The van der Waals surface area contributed by atoms with Crippen molar-refractivity contribution in [3.63, 3.8) is 0 Å². The van der Waals surface area contributed by atoms with E-state index < -0.39 is 0 Å². The van der Waals surface area contributed by atoms with Crippen molar-refractivity contribution in [2.45, 2.75) is 13.8 Å². The second-order valence-electron chi connectivity index (χ2n) is 5.86. The number of carbonyl (C=O) groups excluding carboxylic acids is 1. The average Bonchev–Trinajstić information content (AvgIpc) is 2.56. The minimum absolute atomic E-state index is 0.273. The predicted octanol–water partition coefficient (Wildman–Crippen LogP) is 5.49. The molecule has 1 N–H and O–H groups in total. The number of rotatable bonds is 4. The van der Waals surface area contributed by atoms with E-state index in [-0.39, 0.29) is 11.7 Å². The van der Waals surface area contributed by atoms with Gasteiger partial charge in [-0.1, -0.05) is 12.1 Å². The summed E-state index contributed by atoms with van der Waals surface area (Å²) in [5.41, 5.74) is 2.81. The lowest BCUT2D eigenvalue weighted by atomic mass is 10.1. The van der Waals surface area contributed by atoms with E-state index in [0.29, 0.717) is 22.6 Å². The molecule has 0 atom stereocenters. The van der Waals surface area contributed by atoms with E-state index in [9.17, 15) is 9.18 Å². The first kappa shape index (κ1) is 16.7. The van der Waals surface area contributed by atoms with Crippen LogP contribution < -0.4 is 10.1 Å². The Morgan fingerprint density at radius 1 is 0.920 bits per heavy atom. The van der Waals surface area contributed by atoms with Crippen molar-refractivity contribution in [2.75, 3.05) is 5.32 Å². The van der Waals surface area contributed by atoms with Gasteiger partial charge in [0.05, 0.1) is 0 Å². The fraction of sp³-hybridized carbons (Fsp3) is 0.0952. The van der Waals surface area contributed by atoms with Gasteiger partial charge in [-0.05, 0) is 79.6 Å². The van der Waals surface area contributed by atoms with Gasteiger partial charge < -0.3 is 10.1 Å². The Bertz CT molecular complexity index is 904. The molecule has 0 radical (unpaired) electrons. The third-order valence-corrected chi connectivity index (χ3v) is 3.77. The van der Waals surface area contributed by atoms with Crippen LogP contribution in [-0.4, -0.2) is 5.91 Å². The predicted molar refractivity (Wildman–Crippen MR) is 96.8 cm³/mol. The van der Waals surface area contributed by atoms with Crippen LogP contribution in [0.4, 0.5) is 10.1 Å². The van der Waals surface area contributed by atoms with Crippen LogP contribution in [0.15, 0.2) is 66.7 Å². The Morgan fingerprint density at radius 2 is 1.68 bits per heavy atom. The SMILES string of the molecule is Cc1cccc(Oc2ccc(NC(=O)c3ccc(F)cc3C)cc2)c1. The Balaban J connectivity index is 1.69. The number of benzene rings is 3. The number of halogens is 1. The van der Waals surface area contributed by atoms with Crippen LogP contribution in [0, 0.1) is 19.7 Å². The Morgan fingerprint density at radius 3 is 2.36 bits per heavy atom. The van der Waals surface area contributed by atoms with E-state index in [1.807, 2.05) is 31.2 Å². The summed E-state index contributed by atoms with van der Waals surface area (Å²) in [7, 11) is 0. The van der Waals surface area contributed by atoms with E-state index >= 15 is 0 Å². The molecule has 1 amide bonds. The third kappa shape index (κ3) is 4.23. The molecule has 0 unspecified atom stereocenters. The molecule has 0 aromatic heterocycles. The summed E-state index contributed by atoms with van der Waals surface area (Å²) in [6.45, 7) is 3.71. The highest BCUT2D eigenvalue weighted by Crippen LogP contribution is 2.24. The molecule has 0 aliphatic carbocycles. The zero-order chi connectivity index (χ0) is 17.8. The molecule has 3 rings (SSSR count). The first-order valence-electron chi connectivity index (χ1n) is 7.93. The summed E-state index contributed by atoms with van der Waals surface area (Å²) in [5.74, 6) is 0.817. The van der Waals surface area contributed by atoms with Crippen LogP contribution in [0.5, 0.6) is 11.5 Å². The molecule has 0 aliphatic heterocycles. The van der Waals surface area contributed by atoms with E-state index in [2.05, 4.69) is 5.32 Å². The van der Waals surface area contributed by atoms with E-state index in [4.69, 9.17) is 4.74 Å². The van der Waals surface area contributed by atoms with Crippen LogP contribution in [0.2, 0.25) is 0 Å². The summed E-state index contributed by atoms with van der Waals surface area (Å²) < 4.78 is 18.9. The van der Waals surface area contributed by atoms with Gasteiger partial charge in [-0.2, -0.15) is 0 Å². The molecule has 4 heteroatoms. The Kier molecular flexibility index (Phi) is 4.80. The van der Waals surface area contributed by atoms with Gasteiger partial charge in [0.1, 0.15) is 17.3 Å². The van der Waals surface area contributed by atoms with Gasteiger partial charge in [0.2, 0.25) is 0 Å². The molecule has 0 aliphatic rings. The van der Waals surface area contributed by atoms with Crippen molar-refractivity contribution in [3.8, 4) is 11.5 Å². The Hall–Kier alpha value is -3.14. The quantitative estimate of drug-likeness (QED) is 0.685. The van der Waals surface area contributed by atoms with E-state index in [0.717, 1.165) is 11.3 Å². The van der Waals surface area contributed by atoms with Crippen LogP contribution in [0.3, 0.4) is 0 Å². The second-order valence-corrected chi connectivity index (χ2v) is 5.86. The second kappa shape index (κ2) is 7.18. The third-order valence-electron chi connectivity index (χ3n) is 3.77. The minimum atomic E-state index is -0.355. The Labute approximate surface area is 146 Å². The summed E-state index contributed by atoms with van der Waals surface area (Å²) in [4.78, 5) is 12.3. The highest BCUT2D eigenvalue weighted by molar-refractivity contribution is 6.05. The van der Waals surface area contributed by atoms with Crippen molar-refractivity contribution >= 4 is 11.6 Å². The zero-order valence-electron chi connectivity index (χ0n) is 14.0. The number of hydrogen-bond donors (Lipinski definition) is 1. The summed E-state index contributed by atoms with van der Waals surface area (Å²) in [5, 5.41) is 2.80. The van der Waals surface area contributed by atoms with Crippen molar-refractivity contribution in [3.05, 3.63) is 89.2 Å². The molecule has 3 aromatic carbocycles. The number of nitrogens with one attached hydrogen (secondary N) is 1. The maximum atomic E-state index is 13.1. The van der Waals surface area contributed by atoms with E-state index in [1.165, 1.54) is 18.2 Å².